The Hall–Kier alpha value is -0.550. The van der Waals surface area contributed by atoms with Crippen molar-refractivity contribution in [1.82, 2.24) is 4.90 Å². The van der Waals surface area contributed by atoms with Crippen LogP contribution in [0.3, 0.4) is 0 Å². The van der Waals surface area contributed by atoms with Gasteiger partial charge in [-0.15, -0.1) is 0 Å². The van der Waals surface area contributed by atoms with E-state index in [2.05, 4.69) is 38.7 Å². The predicted octanol–water partition coefficient (Wildman–Crippen LogP) is 2.27. The van der Waals surface area contributed by atoms with E-state index in [1.165, 1.54) is 0 Å². The molecule has 0 aromatic rings. The Bertz CT molecular complexity index is 146. The molecule has 1 atom stereocenters. The summed E-state index contributed by atoms with van der Waals surface area (Å²) in [4.78, 5) is 2.24. The SMILES string of the molecule is CCC(C#N)N(CC)CC(C)C. The number of hydrogen-bond acceptors (Lipinski definition) is 2. The Morgan fingerprint density at radius 2 is 1.92 bits per heavy atom. The van der Waals surface area contributed by atoms with Crippen molar-refractivity contribution in [1.29, 1.82) is 5.26 Å². The number of nitrogens with zero attached hydrogens (tertiary/aromatic N) is 2. The maximum atomic E-state index is 8.85. The molecule has 1 unspecified atom stereocenters. The van der Waals surface area contributed by atoms with E-state index in [-0.39, 0.29) is 6.04 Å². The normalized spacial score (nSPS) is 13.4. The van der Waals surface area contributed by atoms with Gasteiger partial charge in [-0.1, -0.05) is 27.7 Å². The molecule has 0 aromatic carbocycles. The summed E-state index contributed by atoms with van der Waals surface area (Å²) < 4.78 is 0. The molecule has 2 heteroatoms. The van der Waals surface area contributed by atoms with Crippen LogP contribution < -0.4 is 0 Å². The first-order valence-electron chi connectivity index (χ1n) is 4.79. The summed E-state index contributed by atoms with van der Waals surface area (Å²) in [5.41, 5.74) is 0. The second-order valence-corrected chi connectivity index (χ2v) is 3.53. The van der Waals surface area contributed by atoms with E-state index in [9.17, 15) is 0 Å². The van der Waals surface area contributed by atoms with Gasteiger partial charge in [0.15, 0.2) is 0 Å². The first-order valence-corrected chi connectivity index (χ1v) is 4.79. The minimum Gasteiger partial charge on any atom is -0.288 e. The van der Waals surface area contributed by atoms with Crippen molar-refractivity contribution >= 4 is 0 Å². The molecule has 0 aliphatic rings. The number of nitriles is 1. The molecular weight excluding hydrogens is 148 g/mol. The second-order valence-electron chi connectivity index (χ2n) is 3.53. The Labute approximate surface area is 76.2 Å². The van der Waals surface area contributed by atoms with E-state index in [0.29, 0.717) is 5.92 Å². The lowest BCUT2D eigenvalue weighted by molar-refractivity contribution is 0.215. The highest BCUT2D eigenvalue weighted by atomic mass is 15.1. The van der Waals surface area contributed by atoms with Gasteiger partial charge >= 0.3 is 0 Å². The smallest absolute Gasteiger partial charge is 0.0975 e. The lowest BCUT2D eigenvalue weighted by atomic mass is 10.1. The molecule has 0 spiro atoms. The zero-order chi connectivity index (χ0) is 9.56. The van der Waals surface area contributed by atoms with Crippen molar-refractivity contribution in [3.05, 3.63) is 0 Å². The van der Waals surface area contributed by atoms with Crippen LogP contribution >= 0.6 is 0 Å². The van der Waals surface area contributed by atoms with Crippen LogP contribution in [-0.2, 0) is 0 Å². The number of hydrogen-bond donors (Lipinski definition) is 0. The van der Waals surface area contributed by atoms with E-state index in [1.54, 1.807) is 0 Å². The standard InChI is InChI=1S/C10H20N2/c1-5-10(7-11)12(6-2)8-9(3)4/h9-10H,5-6,8H2,1-4H3. The van der Waals surface area contributed by atoms with Crippen LogP contribution in [0.4, 0.5) is 0 Å². The Kier molecular flexibility index (Phi) is 5.74. The van der Waals surface area contributed by atoms with Gasteiger partial charge in [-0.3, -0.25) is 4.90 Å². The largest absolute Gasteiger partial charge is 0.288 e. The van der Waals surface area contributed by atoms with Crippen LogP contribution in [-0.4, -0.2) is 24.0 Å². The van der Waals surface area contributed by atoms with Gasteiger partial charge in [-0.25, -0.2) is 0 Å². The fourth-order valence-electron chi connectivity index (χ4n) is 1.38. The van der Waals surface area contributed by atoms with Crippen LogP contribution in [0.25, 0.3) is 0 Å². The third kappa shape index (κ3) is 3.73. The molecule has 0 radical (unpaired) electrons. The summed E-state index contributed by atoms with van der Waals surface area (Å²) in [7, 11) is 0. The zero-order valence-corrected chi connectivity index (χ0v) is 8.67. The van der Waals surface area contributed by atoms with Crippen LogP contribution in [0.2, 0.25) is 0 Å². The van der Waals surface area contributed by atoms with E-state index in [0.717, 1.165) is 19.5 Å². The highest BCUT2D eigenvalue weighted by Crippen LogP contribution is 2.06. The molecule has 0 aliphatic heterocycles. The summed E-state index contributed by atoms with van der Waals surface area (Å²) in [5, 5.41) is 8.85. The lowest BCUT2D eigenvalue weighted by Gasteiger charge is -2.26. The van der Waals surface area contributed by atoms with Gasteiger partial charge in [0.25, 0.3) is 0 Å². The molecule has 0 aliphatic carbocycles. The fraction of sp³-hybridized carbons (Fsp3) is 0.900. The van der Waals surface area contributed by atoms with E-state index in [1.807, 2.05) is 0 Å². The minimum atomic E-state index is 0.109. The monoisotopic (exact) mass is 168 g/mol. The quantitative estimate of drug-likeness (QED) is 0.629. The highest BCUT2D eigenvalue weighted by Gasteiger charge is 2.14. The number of rotatable bonds is 5. The Morgan fingerprint density at radius 1 is 1.33 bits per heavy atom. The molecule has 70 valence electrons. The summed E-state index contributed by atoms with van der Waals surface area (Å²) in [6.45, 7) is 10.6. The van der Waals surface area contributed by atoms with Gasteiger partial charge in [0.2, 0.25) is 0 Å². The van der Waals surface area contributed by atoms with Crippen LogP contribution in [0, 0.1) is 17.2 Å². The molecule has 0 heterocycles. The molecule has 0 amide bonds. The van der Waals surface area contributed by atoms with Gasteiger partial charge in [0.05, 0.1) is 12.1 Å². The summed E-state index contributed by atoms with van der Waals surface area (Å²) >= 11 is 0. The second kappa shape index (κ2) is 6.02. The van der Waals surface area contributed by atoms with Crippen molar-refractivity contribution in [3.8, 4) is 6.07 Å². The van der Waals surface area contributed by atoms with Crippen LogP contribution in [0.1, 0.15) is 34.1 Å². The molecule has 0 rings (SSSR count). The van der Waals surface area contributed by atoms with Crippen molar-refractivity contribution in [3.63, 3.8) is 0 Å². The third-order valence-electron chi connectivity index (χ3n) is 1.98. The molecule has 0 bridgehead atoms. The molecule has 0 N–H and O–H groups in total. The Morgan fingerprint density at radius 3 is 2.17 bits per heavy atom. The van der Waals surface area contributed by atoms with Gasteiger partial charge in [0.1, 0.15) is 0 Å². The summed E-state index contributed by atoms with van der Waals surface area (Å²) in [6.07, 6.45) is 0.928. The lowest BCUT2D eigenvalue weighted by Crippen LogP contribution is -2.36. The maximum absolute atomic E-state index is 8.85. The highest BCUT2D eigenvalue weighted by molar-refractivity contribution is 4.90. The van der Waals surface area contributed by atoms with Crippen LogP contribution in [0.5, 0.6) is 0 Å². The average molecular weight is 168 g/mol. The fourth-order valence-corrected chi connectivity index (χ4v) is 1.38. The molecule has 0 aromatic heterocycles. The van der Waals surface area contributed by atoms with Gasteiger partial charge in [-0.2, -0.15) is 5.26 Å². The minimum absolute atomic E-state index is 0.109. The van der Waals surface area contributed by atoms with E-state index >= 15 is 0 Å². The molecule has 12 heavy (non-hydrogen) atoms. The van der Waals surface area contributed by atoms with Crippen molar-refractivity contribution in [2.24, 2.45) is 5.92 Å². The summed E-state index contributed by atoms with van der Waals surface area (Å²) in [6, 6.07) is 2.44. The zero-order valence-electron chi connectivity index (χ0n) is 8.67. The van der Waals surface area contributed by atoms with Gasteiger partial charge < -0.3 is 0 Å². The topological polar surface area (TPSA) is 27.0 Å². The average Bonchev–Trinajstić information content (AvgIpc) is 2.04. The van der Waals surface area contributed by atoms with Crippen LogP contribution in [0.15, 0.2) is 0 Å². The van der Waals surface area contributed by atoms with Gasteiger partial charge in [-0.05, 0) is 18.9 Å². The molecular formula is C10H20N2. The maximum Gasteiger partial charge on any atom is 0.0975 e. The first kappa shape index (κ1) is 11.4. The summed E-state index contributed by atoms with van der Waals surface area (Å²) in [5.74, 6) is 0.646. The van der Waals surface area contributed by atoms with E-state index in [4.69, 9.17) is 5.26 Å². The molecule has 2 nitrogen and oxygen atoms in total. The molecule has 0 saturated carbocycles. The predicted molar refractivity (Wildman–Crippen MR) is 51.8 cm³/mol. The van der Waals surface area contributed by atoms with Gasteiger partial charge in [0, 0.05) is 6.54 Å². The van der Waals surface area contributed by atoms with Crippen molar-refractivity contribution in [2.75, 3.05) is 13.1 Å². The third-order valence-corrected chi connectivity index (χ3v) is 1.98. The van der Waals surface area contributed by atoms with Crippen molar-refractivity contribution in [2.45, 2.75) is 40.2 Å². The Balaban J connectivity index is 4.04. The van der Waals surface area contributed by atoms with E-state index < -0.39 is 0 Å². The van der Waals surface area contributed by atoms with Crippen molar-refractivity contribution < 1.29 is 0 Å². The molecule has 0 fully saturated rings. The molecule has 0 saturated heterocycles. The first-order chi connectivity index (χ1) is 5.65.